The van der Waals surface area contributed by atoms with Crippen LogP contribution in [0.2, 0.25) is 0 Å². The van der Waals surface area contributed by atoms with Crippen molar-refractivity contribution in [1.29, 1.82) is 0 Å². The van der Waals surface area contributed by atoms with Crippen LogP contribution in [0.25, 0.3) is 17.0 Å². The third-order valence-electron chi connectivity index (χ3n) is 4.59. The summed E-state index contributed by atoms with van der Waals surface area (Å²) >= 11 is 0. The summed E-state index contributed by atoms with van der Waals surface area (Å²) in [6, 6.07) is 10.4. The van der Waals surface area contributed by atoms with Crippen molar-refractivity contribution in [1.82, 2.24) is 19.8 Å². The van der Waals surface area contributed by atoms with Crippen molar-refractivity contribution in [2.24, 2.45) is 5.41 Å². The molecule has 0 bridgehead atoms. The first kappa shape index (κ1) is 15.1. The van der Waals surface area contributed by atoms with Crippen molar-refractivity contribution >= 4 is 11.5 Å². The molecule has 1 aliphatic rings. The molecule has 0 atom stereocenters. The van der Waals surface area contributed by atoms with Gasteiger partial charge in [0, 0.05) is 13.1 Å². The minimum absolute atomic E-state index is 0.274. The van der Waals surface area contributed by atoms with E-state index in [1.807, 2.05) is 12.1 Å². The molecule has 5 nitrogen and oxygen atoms in total. The number of nitrogens with zero attached hydrogens (tertiary/aromatic N) is 5. The van der Waals surface area contributed by atoms with Crippen LogP contribution < -0.4 is 4.90 Å². The van der Waals surface area contributed by atoms with Crippen molar-refractivity contribution in [3.63, 3.8) is 0 Å². The average Bonchev–Trinajstić information content (AvgIpc) is 2.97. The summed E-state index contributed by atoms with van der Waals surface area (Å²) in [6.07, 6.45) is 2.37. The topological polar surface area (TPSA) is 46.3 Å². The first-order valence-electron chi connectivity index (χ1n) is 8.26. The molecular formula is C18H20FN5. The molecule has 0 saturated carbocycles. The van der Waals surface area contributed by atoms with Gasteiger partial charge in [-0.25, -0.2) is 4.39 Å². The van der Waals surface area contributed by atoms with E-state index in [0.717, 1.165) is 25.3 Å². The Morgan fingerprint density at radius 2 is 1.92 bits per heavy atom. The van der Waals surface area contributed by atoms with Crippen LogP contribution in [0.3, 0.4) is 0 Å². The average molecular weight is 325 g/mol. The summed E-state index contributed by atoms with van der Waals surface area (Å²) in [6.45, 7) is 6.50. The fraction of sp³-hybridized carbons (Fsp3) is 0.389. The van der Waals surface area contributed by atoms with Crippen LogP contribution in [0.5, 0.6) is 0 Å². The minimum Gasteiger partial charge on any atom is -0.355 e. The van der Waals surface area contributed by atoms with Gasteiger partial charge in [0.2, 0.25) is 0 Å². The second-order valence-electron chi connectivity index (χ2n) is 7.15. The number of aromatic nitrogens is 4. The number of anilines is 1. The molecular weight excluding hydrogens is 305 g/mol. The van der Waals surface area contributed by atoms with Gasteiger partial charge in [0.05, 0.1) is 5.56 Å². The Morgan fingerprint density at radius 3 is 2.71 bits per heavy atom. The summed E-state index contributed by atoms with van der Waals surface area (Å²) in [5.41, 5.74) is 1.30. The van der Waals surface area contributed by atoms with E-state index in [2.05, 4.69) is 28.9 Å². The quantitative estimate of drug-likeness (QED) is 0.723. The maximum atomic E-state index is 14.1. The predicted octanol–water partition coefficient (Wildman–Crippen LogP) is 3.56. The van der Waals surface area contributed by atoms with Crippen LogP contribution in [0.15, 0.2) is 36.4 Å². The van der Waals surface area contributed by atoms with E-state index in [9.17, 15) is 4.39 Å². The highest BCUT2D eigenvalue weighted by atomic mass is 19.1. The molecule has 6 heteroatoms. The van der Waals surface area contributed by atoms with E-state index in [4.69, 9.17) is 5.10 Å². The molecule has 3 heterocycles. The summed E-state index contributed by atoms with van der Waals surface area (Å²) in [5, 5.41) is 12.9. The largest absolute Gasteiger partial charge is 0.355 e. The van der Waals surface area contributed by atoms with Gasteiger partial charge in [-0.2, -0.15) is 4.52 Å². The van der Waals surface area contributed by atoms with Gasteiger partial charge in [0.15, 0.2) is 11.5 Å². The molecule has 2 aromatic heterocycles. The lowest BCUT2D eigenvalue weighted by molar-refractivity contribution is 0.291. The third-order valence-corrected chi connectivity index (χ3v) is 4.59. The summed E-state index contributed by atoms with van der Waals surface area (Å²) in [7, 11) is 0. The smallest absolute Gasteiger partial charge is 0.188 e. The Hall–Kier alpha value is -2.50. The standard InChI is InChI=1S/C18H20FN5/c1-18(2)10-5-11-23(12-18)16-9-8-15-20-21-17(24(15)22-16)13-6-3-4-7-14(13)19/h3-4,6-9H,5,10-12H2,1-2H3. The van der Waals surface area contributed by atoms with Gasteiger partial charge in [-0.05, 0) is 42.5 Å². The highest BCUT2D eigenvalue weighted by Crippen LogP contribution is 2.31. The van der Waals surface area contributed by atoms with Crippen LogP contribution in [-0.4, -0.2) is 32.9 Å². The first-order chi connectivity index (χ1) is 11.5. The molecule has 1 saturated heterocycles. The Bertz CT molecular complexity index is 886. The molecule has 1 aliphatic heterocycles. The van der Waals surface area contributed by atoms with Crippen LogP contribution in [0, 0.1) is 11.2 Å². The van der Waals surface area contributed by atoms with Gasteiger partial charge in [0.1, 0.15) is 11.6 Å². The summed E-state index contributed by atoms with van der Waals surface area (Å²) in [4.78, 5) is 2.29. The fourth-order valence-electron chi connectivity index (χ4n) is 3.38. The van der Waals surface area contributed by atoms with Gasteiger partial charge in [-0.15, -0.1) is 15.3 Å². The lowest BCUT2D eigenvalue weighted by Crippen LogP contribution is -2.40. The molecule has 0 N–H and O–H groups in total. The molecule has 3 aromatic rings. The lowest BCUT2D eigenvalue weighted by atomic mass is 9.84. The second kappa shape index (κ2) is 5.54. The molecule has 0 unspecified atom stereocenters. The van der Waals surface area contributed by atoms with E-state index in [1.54, 1.807) is 22.7 Å². The SMILES string of the molecule is CC1(C)CCCN(c2ccc3nnc(-c4ccccc4F)n3n2)C1. The monoisotopic (exact) mass is 325 g/mol. The zero-order chi connectivity index (χ0) is 16.7. The highest BCUT2D eigenvalue weighted by molar-refractivity contribution is 5.60. The van der Waals surface area contributed by atoms with E-state index in [-0.39, 0.29) is 11.2 Å². The van der Waals surface area contributed by atoms with Crippen LogP contribution in [0.4, 0.5) is 10.2 Å². The van der Waals surface area contributed by atoms with Crippen LogP contribution in [0.1, 0.15) is 26.7 Å². The van der Waals surface area contributed by atoms with E-state index in [1.165, 1.54) is 12.5 Å². The molecule has 1 aromatic carbocycles. The maximum absolute atomic E-state index is 14.1. The minimum atomic E-state index is -0.321. The normalized spacial score (nSPS) is 17.4. The second-order valence-corrected chi connectivity index (χ2v) is 7.15. The molecule has 1 fully saturated rings. The molecule has 0 spiro atoms. The molecule has 4 rings (SSSR count). The number of hydrogen-bond acceptors (Lipinski definition) is 4. The lowest BCUT2D eigenvalue weighted by Gasteiger charge is -2.38. The Kier molecular flexibility index (Phi) is 3.48. The number of rotatable bonds is 2. The van der Waals surface area contributed by atoms with Gasteiger partial charge in [0.25, 0.3) is 0 Å². The van der Waals surface area contributed by atoms with E-state index < -0.39 is 0 Å². The number of fused-ring (bicyclic) bond motifs is 1. The van der Waals surface area contributed by atoms with Crippen LogP contribution in [-0.2, 0) is 0 Å². The van der Waals surface area contributed by atoms with Gasteiger partial charge in [-0.3, -0.25) is 0 Å². The number of piperidine rings is 1. The first-order valence-corrected chi connectivity index (χ1v) is 8.26. The highest BCUT2D eigenvalue weighted by Gasteiger charge is 2.27. The Labute approximate surface area is 140 Å². The van der Waals surface area contributed by atoms with Gasteiger partial charge < -0.3 is 4.90 Å². The van der Waals surface area contributed by atoms with Crippen molar-refractivity contribution in [2.75, 3.05) is 18.0 Å². The zero-order valence-corrected chi connectivity index (χ0v) is 13.9. The zero-order valence-electron chi connectivity index (χ0n) is 13.9. The van der Waals surface area contributed by atoms with Gasteiger partial charge in [-0.1, -0.05) is 26.0 Å². The number of halogens is 1. The predicted molar refractivity (Wildman–Crippen MR) is 91.4 cm³/mol. The Morgan fingerprint density at radius 1 is 1.08 bits per heavy atom. The summed E-state index contributed by atoms with van der Waals surface area (Å²) in [5.74, 6) is 0.993. The molecule has 0 aliphatic carbocycles. The molecule has 0 radical (unpaired) electrons. The Balaban J connectivity index is 1.78. The third kappa shape index (κ3) is 2.62. The van der Waals surface area contributed by atoms with Crippen molar-refractivity contribution < 1.29 is 4.39 Å². The summed E-state index contributed by atoms with van der Waals surface area (Å²) < 4.78 is 15.8. The van der Waals surface area contributed by atoms with Crippen molar-refractivity contribution in [2.45, 2.75) is 26.7 Å². The fourth-order valence-corrected chi connectivity index (χ4v) is 3.38. The van der Waals surface area contributed by atoms with Crippen LogP contribution >= 0.6 is 0 Å². The number of hydrogen-bond donors (Lipinski definition) is 0. The van der Waals surface area contributed by atoms with Crippen molar-refractivity contribution in [3.05, 3.63) is 42.2 Å². The van der Waals surface area contributed by atoms with Gasteiger partial charge >= 0.3 is 0 Å². The molecule has 0 amide bonds. The maximum Gasteiger partial charge on any atom is 0.188 e. The van der Waals surface area contributed by atoms with Crippen molar-refractivity contribution in [3.8, 4) is 11.4 Å². The van der Waals surface area contributed by atoms with E-state index in [0.29, 0.717) is 17.0 Å². The molecule has 24 heavy (non-hydrogen) atoms. The van der Waals surface area contributed by atoms with E-state index >= 15 is 0 Å². The number of benzene rings is 1. The molecule has 124 valence electrons.